The lowest BCUT2D eigenvalue weighted by Crippen LogP contribution is -2.34. The summed E-state index contributed by atoms with van der Waals surface area (Å²) in [6, 6.07) is 12.3. The number of carbonyl (C=O) groups excluding carboxylic acids is 2. The van der Waals surface area contributed by atoms with E-state index in [0.29, 0.717) is 33.6 Å². The van der Waals surface area contributed by atoms with Gasteiger partial charge in [-0.2, -0.15) is 8.78 Å². The molecule has 0 atom stereocenters. The number of halogens is 2. The van der Waals surface area contributed by atoms with E-state index in [2.05, 4.69) is 16.0 Å². The van der Waals surface area contributed by atoms with Crippen molar-refractivity contribution in [3.05, 3.63) is 54.1 Å². The molecule has 0 aromatic heterocycles. The zero-order valence-electron chi connectivity index (χ0n) is 14.3. The maximum Gasteiger partial charge on any atom is 0.319 e. The number of carbonyl (C=O) groups is 2. The fraction of sp³-hybridized carbons (Fsp3) is 0.222. The zero-order valence-corrected chi connectivity index (χ0v) is 15.1. The van der Waals surface area contributed by atoms with E-state index in [1.165, 1.54) is 24.3 Å². The summed E-state index contributed by atoms with van der Waals surface area (Å²) in [4.78, 5) is 24.2. The van der Waals surface area contributed by atoms with Gasteiger partial charge in [0.15, 0.2) is 0 Å². The van der Waals surface area contributed by atoms with Gasteiger partial charge >= 0.3 is 6.03 Å². The van der Waals surface area contributed by atoms with Crippen molar-refractivity contribution < 1.29 is 18.4 Å². The number of thioether (sulfide) groups is 1. The molecule has 0 bridgehead atoms. The fourth-order valence-corrected chi connectivity index (χ4v) is 2.56. The number of urea groups is 1. The highest BCUT2D eigenvalue weighted by atomic mass is 32.2. The van der Waals surface area contributed by atoms with Crippen LogP contribution in [0.25, 0.3) is 0 Å². The van der Waals surface area contributed by atoms with Gasteiger partial charge in [-0.15, -0.1) is 0 Å². The number of hydrogen-bond donors (Lipinski definition) is 3. The monoisotopic (exact) mass is 379 g/mol. The molecule has 0 fully saturated rings. The summed E-state index contributed by atoms with van der Waals surface area (Å²) < 4.78 is 24.6. The van der Waals surface area contributed by atoms with E-state index >= 15 is 0 Å². The standard InChI is InChI=1S/C18H19F2N3O2S/c1-11(2)21-18(25)23-14-7-5-13(6-8-14)22-16(24)12-3-9-15(10-4-12)26-17(19)20/h3-11,17H,1-2H3,(H,22,24)(H2,21,23,25). The maximum atomic E-state index is 12.3. The molecule has 0 aliphatic heterocycles. The summed E-state index contributed by atoms with van der Waals surface area (Å²) in [6.45, 7) is 3.72. The molecule has 26 heavy (non-hydrogen) atoms. The van der Waals surface area contributed by atoms with Gasteiger partial charge in [0.25, 0.3) is 11.7 Å². The third-order valence-corrected chi connectivity index (χ3v) is 3.88. The Hall–Kier alpha value is -2.61. The number of hydrogen-bond acceptors (Lipinski definition) is 3. The molecule has 0 saturated heterocycles. The smallest absolute Gasteiger partial charge is 0.319 e. The van der Waals surface area contributed by atoms with Gasteiger partial charge in [0, 0.05) is 27.9 Å². The van der Waals surface area contributed by atoms with Crippen molar-refractivity contribution in [1.29, 1.82) is 0 Å². The summed E-state index contributed by atoms with van der Waals surface area (Å²) in [5, 5.41) is 8.10. The molecule has 0 radical (unpaired) electrons. The summed E-state index contributed by atoms with van der Waals surface area (Å²) in [6.07, 6.45) is 0. The van der Waals surface area contributed by atoms with Crippen LogP contribution < -0.4 is 16.0 Å². The molecular formula is C18H19F2N3O2S. The fourth-order valence-electron chi connectivity index (χ4n) is 2.06. The van der Waals surface area contributed by atoms with Gasteiger partial charge < -0.3 is 16.0 Å². The van der Waals surface area contributed by atoms with E-state index < -0.39 is 5.76 Å². The second kappa shape index (κ2) is 9.19. The van der Waals surface area contributed by atoms with Gasteiger partial charge in [0.05, 0.1) is 0 Å². The molecule has 0 aliphatic carbocycles. The van der Waals surface area contributed by atoms with Crippen LogP contribution in [-0.2, 0) is 0 Å². The Labute approximate surface area is 154 Å². The van der Waals surface area contributed by atoms with E-state index in [1.54, 1.807) is 24.3 Å². The predicted octanol–water partition coefficient (Wildman–Crippen LogP) is 4.78. The summed E-state index contributed by atoms with van der Waals surface area (Å²) >= 11 is 0.428. The van der Waals surface area contributed by atoms with Crippen LogP contribution in [0.4, 0.5) is 25.0 Å². The lowest BCUT2D eigenvalue weighted by atomic mass is 10.2. The first-order chi connectivity index (χ1) is 12.3. The molecule has 5 nitrogen and oxygen atoms in total. The van der Waals surface area contributed by atoms with Crippen LogP contribution in [0.5, 0.6) is 0 Å². The molecule has 3 N–H and O–H groups in total. The molecular weight excluding hydrogens is 360 g/mol. The normalized spacial score (nSPS) is 10.7. The van der Waals surface area contributed by atoms with E-state index in [0.717, 1.165) is 0 Å². The Kier molecular flexibility index (Phi) is 6.97. The van der Waals surface area contributed by atoms with Gasteiger partial charge in [-0.1, -0.05) is 11.8 Å². The first kappa shape index (κ1) is 19.7. The minimum atomic E-state index is -2.50. The maximum absolute atomic E-state index is 12.3. The quantitative estimate of drug-likeness (QED) is 0.633. The van der Waals surface area contributed by atoms with E-state index in [1.807, 2.05) is 13.8 Å². The van der Waals surface area contributed by atoms with Gasteiger partial charge in [0.1, 0.15) is 0 Å². The summed E-state index contributed by atoms with van der Waals surface area (Å²) in [5.74, 6) is -2.85. The van der Waals surface area contributed by atoms with Crippen molar-refractivity contribution in [2.24, 2.45) is 0 Å². The second-order valence-electron chi connectivity index (χ2n) is 5.69. The molecule has 138 valence electrons. The second-order valence-corrected chi connectivity index (χ2v) is 6.75. The topological polar surface area (TPSA) is 70.2 Å². The number of rotatable bonds is 6. The molecule has 0 aliphatic rings. The Bertz CT molecular complexity index is 750. The molecule has 3 amide bonds. The van der Waals surface area contributed by atoms with Gasteiger partial charge in [-0.25, -0.2) is 4.79 Å². The molecule has 2 rings (SSSR count). The third-order valence-electron chi connectivity index (χ3n) is 3.16. The van der Waals surface area contributed by atoms with E-state index in [9.17, 15) is 18.4 Å². The van der Waals surface area contributed by atoms with Crippen LogP contribution in [0.15, 0.2) is 53.4 Å². The summed E-state index contributed by atoms with van der Waals surface area (Å²) in [7, 11) is 0. The Morgan fingerprint density at radius 2 is 1.42 bits per heavy atom. The molecule has 0 spiro atoms. The van der Waals surface area contributed by atoms with Gasteiger partial charge in [0.2, 0.25) is 0 Å². The highest BCUT2D eigenvalue weighted by molar-refractivity contribution is 7.99. The van der Waals surface area contributed by atoms with Crippen molar-refractivity contribution in [3.8, 4) is 0 Å². The minimum absolute atomic E-state index is 0.0269. The lowest BCUT2D eigenvalue weighted by molar-refractivity contribution is 0.102. The number of nitrogens with one attached hydrogen (secondary N) is 3. The van der Waals surface area contributed by atoms with Crippen molar-refractivity contribution in [3.63, 3.8) is 0 Å². The van der Waals surface area contributed by atoms with E-state index in [4.69, 9.17) is 0 Å². The van der Waals surface area contributed by atoms with Crippen LogP contribution in [0, 0.1) is 0 Å². The first-order valence-electron chi connectivity index (χ1n) is 7.87. The first-order valence-corrected chi connectivity index (χ1v) is 8.75. The predicted molar refractivity (Wildman–Crippen MR) is 100.0 cm³/mol. The zero-order chi connectivity index (χ0) is 19.1. The number of anilines is 2. The van der Waals surface area contributed by atoms with Crippen molar-refractivity contribution >= 4 is 35.1 Å². The SMILES string of the molecule is CC(C)NC(=O)Nc1ccc(NC(=O)c2ccc(SC(F)F)cc2)cc1. The van der Waals surface area contributed by atoms with Crippen molar-refractivity contribution in [1.82, 2.24) is 5.32 Å². The third kappa shape index (κ3) is 6.36. The highest BCUT2D eigenvalue weighted by Crippen LogP contribution is 2.25. The lowest BCUT2D eigenvalue weighted by Gasteiger charge is -2.11. The van der Waals surface area contributed by atoms with Crippen LogP contribution in [0.2, 0.25) is 0 Å². The summed E-state index contributed by atoms with van der Waals surface area (Å²) in [5.41, 5.74) is 1.51. The van der Waals surface area contributed by atoms with E-state index in [-0.39, 0.29) is 18.0 Å². The number of benzene rings is 2. The van der Waals surface area contributed by atoms with Gasteiger partial charge in [-0.05, 0) is 62.4 Å². The average molecular weight is 379 g/mol. The molecule has 8 heteroatoms. The van der Waals surface area contributed by atoms with Crippen LogP contribution in [0.3, 0.4) is 0 Å². The number of amides is 3. The molecule has 0 unspecified atom stereocenters. The van der Waals surface area contributed by atoms with Crippen LogP contribution in [0.1, 0.15) is 24.2 Å². The largest absolute Gasteiger partial charge is 0.336 e. The molecule has 0 heterocycles. The molecule has 2 aromatic rings. The Balaban J connectivity index is 1.93. The molecule has 2 aromatic carbocycles. The Morgan fingerprint density at radius 3 is 1.92 bits per heavy atom. The minimum Gasteiger partial charge on any atom is -0.336 e. The van der Waals surface area contributed by atoms with Crippen LogP contribution in [-0.4, -0.2) is 23.7 Å². The highest BCUT2D eigenvalue weighted by Gasteiger charge is 2.09. The van der Waals surface area contributed by atoms with Crippen LogP contribution >= 0.6 is 11.8 Å². The average Bonchev–Trinajstić information content (AvgIpc) is 2.56. The molecule has 0 saturated carbocycles. The van der Waals surface area contributed by atoms with Crippen molar-refractivity contribution in [2.75, 3.05) is 10.6 Å². The van der Waals surface area contributed by atoms with Crippen molar-refractivity contribution in [2.45, 2.75) is 30.5 Å². The Morgan fingerprint density at radius 1 is 0.885 bits per heavy atom. The number of alkyl halides is 2. The van der Waals surface area contributed by atoms with Gasteiger partial charge in [-0.3, -0.25) is 4.79 Å².